The van der Waals surface area contributed by atoms with Gasteiger partial charge in [-0.2, -0.15) is 10.4 Å². The molecule has 0 aliphatic carbocycles. The van der Waals surface area contributed by atoms with Gasteiger partial charge in [0.15, 0.2) is 5.65 Å². The van der Waals surface area contributed by atoms with Crippen molar-refractivity contribution in [3.8, 4) is 23.0 Å². The van der Waals surface area contributed by atoms with E-state index in [1.807, 2.05) is 24.5 Å². The van der Waals surface area contributed by atoms with E-state index in [4.69, 9.17) is 5.26 Å². The van der Waals surface area contributed by atoms with Crippen molar-refractivity contribution >= 4 is 11.2 Å². The molecule has 0 fully saturated rings. The number of hydrogen-bond donors (Lipinski definition) is 2. The van der Waals surface area contributed by atoms with E-state index in [-0.39, 0.29) is 0 Å². The van der Waals surface area contributed by atoms with Crippen LogP contribution in [0.15, 0.2) is 43.2 Å². The van der Waals surface area contributed by atoms with Gasteiger partial charge in [-0.15, -0.1) is 0 Å². The first-order valence-electron chi connectivity index (χ1n) is 6.73. The van der Waals surface area contributed by atoms with E-state index in [2.05, 4.69) is 31.1 Å². The van der Waals surface area contributed by atoms with E-state index in [0.717, 1.165) is 28.0 Å². The third-order valence-corrected chi connectivity index (χ3v) is 3.48. The average molecular weight is 289 g/mol. The predicted molar refractivity (Wildman–Crippen MR) is 80.1 cm³/mol. The number of aromatic nitrogens is 6. The van der Waals surface area contributed by atoms with Gasteiger partial charge in [0.05, 0.1) is 30.5 Å². The Morgan fingerprint density at radius 3 is 3.14 bits per heavy atom. The Morgan fingerprint density at radius 1 is 1.27 bits per heavy atom. The smallest absolute Gasteiger partial charge is 0.178 e. The maximum atomic E-state index is 8.73. The molecule has 106 valence electrons. The Labute approximate surface area is 125 Å². The van der Waals surface area contributed by atoms with E-state index in [9.17, 15) is 0 Å². The van der Waals surface area contributed by atoms with Crippen LogP contribution in [0.4, 0.5) is 0 Å². The molecular formula is C15H11N7. The zero-order valence-corrected chi connectivity index (χ0v) is 11.5. The number of H-pyrrole nitrogens is 2. The molecule has 0 aliphatic heterocycles. The van der Waals surface area contributed by atoms with Crippen LogP contribution in [0.2, 0.25) is 0 Å². The summed E-state index contributed by atoms with van der Waals surface area (Å²) in [6.07, 6.45) is 9.28. The van der Waals surface area contributed by atoms with Crippen molar-refractivity contribution < 1.29 is 0 Å². The van der Waals surface area contributed by atoms with Crippen LogP contribution in [0.25, 0.3) is 28.1 Å². The SMILES string of the molecule is N#CCc1c[nH]c(-n2cc(-c3ccnc4nc[nH]c34)cn2)c1. The summed E-state index contributed by atoms with van der Waals surface area (Å²) >= 11 is 0. The molecule has 0 saturated carbocycles. The van der Waals surface area contributed by atoms with Gasteiger partial charge in [0, 0.05) is 29.7 Å². The Hall–Kier alpha value is -3.40. The summed E-state index contributed by atoms with van der Waals surface area (Å²) in [7, 11) is 0. The van der Waals surface area contributed by atoms with Gasteiger partial charge >= 0.3 is 0 Å². The monoisotopic (exact) mass is 289 g/mol. The lowest BCUT2D eigenvalue weighted by atomic mass is 10.1. The van der Waals surface area contributed by atoms with Crippen LogP contribution < -0.4 is 0 Å². The lowest BCUT2D eigenvalue weighted by molar-refractivity contribution is 0.855. The third kappa shape index (κ3) is 1.94. The highest BCUT2D eigenvalue weighted by molar-refractivity contribution is 5.88. The molecule has 0 radical (unpaired) electrons. The van der Waals surface area contributed by atoms with E-state index < -0.39 is 0 Å². The quantitative estimate of drug-likeness (QED) is 0.604. The van der Waals surface area contributed by atoms with Crippen LogP contribution in [0.1, 0.15) is 5.56 Å². The minimum absolute atomic E-state index is 0.379. The lowest BCUT2D eigenvalue weighted by Gasteiger charge is -1.98. The van der Waals surface area contributed by atoms with Crippen LogP contribution in [-0.4, -0.2) is 29.7 Å². The molecule has 22 heavy (non-hydrogen) atoms. The minimum atomic E-state index is 0.379. The number of fused-ring (bicyclic) bond motifs is 1. The van der Waals surface area contributed by atoms with Crippen molar-refractivity contribution in [3.05, 3.63) is 48.8 Å². The first-order valence-corrected chi connectivity index (χ1v) is 6.73. The highest BCUT2D eigenvalue weighted by Gasteiger charge is 2.10. The standard InChI is InChI=1S/C15H11N7/c16-3-1-10-5-13(18-6-10)22-8-11(7-21-22)12-2-4-17-15-14(12)19-9-20-15/h2,4-9,18H,1H2,(H,17,19,20). The minimum Gasteiger partial charge on any atom is -0.346 e. The van der Waals surface area contributed by atoms with Crippen molar-refractivity contribution in [1.82, 2.24) is 29.7 Å². The van der Waals surface area contributed by atoms with Crippen molar-refractivity contribution in [1.29, 1.82) is 5.26 Å². The molecule has 7 nitrogen and oxygen atoms in total. The van der Waals surface area contributed by atoms with Gasteiger partial charge in [0.25, 0.3) is 0 Å². The van der Waals surface area contributed by atoms with Crippen LogP contribution in [-0.2, 0) is 6.42 Å². The molecule has 7 heteroatoms. The molecule has 0 amide bonds. The van der Waals surface area contributed by atoms with Crippen molar-refractivity contribution in [2.45, 2.75) is 6.42 Å². The summed E-state index contributed by atoms with van der Waals surface area (Å²) in [6, 6.07) is 5.97. The molecule has 0 aromatic carbocycles. The second kappa shape index (κ2) is 4.86. The zero-order valence-electron chi connectivity index (χ0n) is 11.5. The fraction of sp³-hybridized carbons (Fsp3) is 0.0667. The zero-order chi connectivity index (χ0) is 14.9. The Bertz CT molecular complexity index is 983. The van der Waals surface area contributed by atoms with Gasteiger partial charge in [0.1, 0.15) is 5.82 Å². The van der Waals surface area contributed by atoms with Crippen LogP contribution in [0, 0.1) is 11.3 Å². The molecular weight excluding hydrogens is 278 g/mol. The first-order chi connectivity index (χ1) is 10.8. The molecule has 0 aliphatic rings. The number of aromatic amines is 2. The molecule has 0 spiro atoms. The second-order valence-corrected chi connectivity index (χ2v) is 4.86. The largest absolute Gasteiger partial charge is 0.346 e. The van der Waals surface area contributed by atoms with Crippen LogP contribution >= 0.6 is 0 Å². The van der Waals surface area contributed by atoms with E-state index >= 15 is 0 Å². The molecule has 0 bridgehead atoms. The number of pyridine rings is 1. The summed E-state index contributed by atoms with van der Waals surface area (Å²) in [6.45, 7) is 0. The molecule has 4 aromatic heterocycles. The molecule has 0 unspecified atom stereocenters. The van der Waals surface area contributed by atoms with Gasteiger partial charge in [-0.3, -0.25) is 0 Å². The van der Waals surface area contributed by atoms with E-state index in [0.29, 0.717) is 12.1 Å². The first kappa shape index (κ1) is 12.3. The van der Waals surface area contributed by atoms with Gasteiger partial charge in [-0.1, -0.05) is 0 Å². The second-order valence-electron chi connectivity index (χ2n) is 4.86. The summed E-state index contributed by atoms with van der Waals surface area (Å²) in [4.78, 5) is 14.6. The van der Waals surface area contributed by atoms with Crippen LogP contribution in [0.3, 0.4) is 0 Å². The van der Waals surface area contributed by atoms with Crippen LogP contribution in [0.5, 0.6) is 0 Å². The average Bonchev–Trinajstić information content (AvgIpc) is 3.26. The molecule has 4 rings (SSSR count). The maximum Gasteiger partial charge on any atom is 0.178 e. The molecule has 0 atom stereocenters. The van der Waals surface area contributed by atoms with Crippen molar-refractivity contribution in [2.24, 2.45) is 0 Å². The fourth-order valence-electron chi connectivity index (χ4n) is 2.43. The number of imidazole rings is 1. The Morgan fingerprint density at radius 2 is 2.23 bits per heavy atom. The number of hydrogen-bond acceptors (Lipinski definition) is 4. The Kier molecular flexibility index (Phi) is 2.73. The van der Waals surface area contributed by atoms with Gasteiger partial charge < -0.3 is 9.97 Å². The summed E-state index contributed by atoms with van der Waals surface area (Å²) in [5, 5.41) is 13.1. The fourth-order valence-corrected chi connectivity index (χ4v) is 2.43. The van der Waals surface area contributed by atoms with E-state index in [1.165, 1.54) is 0 Å². The van der Waals surface area contributed by atoms with Crippen molar-refractivity contribution in [3.63, 3.8) is 0 Å². The topological polar surface area (TPSA) is 99.0 Å². The Balaban J connectivity index is 1.75. The van der Waals surface area contributed by atoms with Gasteiger partial charge in [0.2, 0.25) is 0 Å². The normalized spacial score (nSPS) is 10.9. The van der Waals surface area contributed by atoms with Crippen molar-refractivity contribution in [2.75, 3.05) is 0 Å². The third-order valence-electron chi connectivity index (χ3n) is 3.48. The summed E-state index contributed by atoms with van der Waals surface area (Å²) in [5.41, 5.74) is 4.47. The molecule has 2 N–H and O–H groups in total. The van der Waals surface area contributed by atoms with E-state index in [1.54, 1.807) is 23.4 Å². The summed E-state index contributed by atoms with van der Waals surface area (Å²) < 4.78 is 1.75. The maximum absolute atomic E-state index is 8.73. The molecule has 4 aromatic rings. The highest BCUT2D eigenvalue weighted by Crippen LogP contribution is 2.25. The molecule has 4 heterocycles. The number of nitriles is 1. The number of nitrogens with zero attached hydrogens (tertiary/aromatic N) is 5. The number of nitrogens with one attached hydrogen (secondary N) is 2. The highest BCUT2D eigenvalue weighted by atomic mass is 15.3. The number of rotatable bonds is 3. The molecule has 0 saturated heterocycles. The summed E-state index contributed by atoms with van der Waals surface area (Å²) in [5.74, 6) is 0.825. The predicted octanol–water partition coefficient (Wildman–Crippen LogP) is 2.20. The lowest BCUT2D eigenvalue weighted by Crippen LogP contribution is -1.93. The van der Waals surface area contributed by atoms with Gasteiger partial charge in [-0.25, -0.2) is 14.6 Å². The van der Waals surface area contributed by atoms with Gasteiger partial charge in [-0.05, 0) is 17.7 Å².